The first-order chi connectivity index (χ1) is 11.0. The van der Waals surface area contributed by atoms with E-state index in [9.17, 15) is 4.79 Å². The highest BCUT2D eigenvalue weighted by Crippen LogP contribution is 2.31. The molecule has 2 aromatic rings. The van der Waals surface area contributed by atoms with Gasteiger partial charge in [-0.25, -0.2) is 4.79 Å². The Kier molecular flexibility index (Phi) is 4.76. The van der Waals surface area contributed by atoms with E-state index in [0.29, 0.717) is 26.2 Å². The number of halogens is 3. The second-order valence-corrected chi connectivity index (χ2v) is 6.10. The van der Waals surface area contributed by atoms with Crippen LogP contribution in [0.4, 0.5) is 0 Å². The molecule has 118 valence electrons. The zero-order valence-corrected chi connectivity index (χ0v) is 13.9. The fourth-order valence-corrected chi connectivity index (χ4v) is 2.79. The molecule has 1 aliphatic rings. The average Bonchev–Trinajstić information content (AvgIpc) is 2.81. The molecule has 4 nitrogen and oxygen atoms in total. The number of esters is 1. The molecule has 0 fully saturated rings. The molecule has 0 aliphatic carbocycles. The molecule has 7 heteroatoms. The molecule has 0 amide bonds. The third-order valence-electron chi connectivity index (χ3n) is 3.28. The maximum Gasteiger partial charge on any atom is 0.339 e. The van der Waals surface area contributed by atoms with Crippen molar-refractivity contribution in [3.63, 3.8) is 0 Å². The van der Waals surface area contributed by atoms with Gasteiger partial charge in [0.1, 0.15) is 6.61 Å². The molecule has 1 atom stereocenters. The molecule has 1 aliphatic heterocycles. The fourth-order valence-electron chi connectivity index (χ4n) is 2.15. The van der Waals surface area contributed by atoms with Gasteiger partial charge in [0, 0.05) is 26.2 Å². The molecule has 0 saturated carbocycles. The maximum absolute atomic E-state index is 11.7. The van der Waals surface area contributed by atoms with Crippen LogP contribution in [0.1, 0.15) is 27.6 Å². The summed E-state index contributed by atoms with van der Waals surface area (Å²) in [6, 6.07) is 10.1. The average molecular weight is 371 g/mol. The topological polar surface area (TPSA) is 47.9 Å². The highest BCUT2D eigenvalue weighted by Gasteiger charge is 2.30. The van der Waals surface area contributed by atoms with E-state index < -0.39 is 12.1 Å². The lowest BCUT2D eigenvalue weighted by molar-refractivity contribution is 0.0490. The van der Waals surface area contributed by atoms with E-state index >= 15 is 0 Å². The van der Waals surface area contributed by atoms with Crippen LogP contribution in [0, 0.1) is 0 Å². The van der Waals surface area contributed by atoms with Crippen LogP contribution in [-0.4, -0.2) is 12.2 Å². The molecule has 0 bridgehead atoms. The number of hydrogen-bond acceptors (Lipinski definition) is 4. The SMILES string of the molecule is O=C1OC(/C=N/OCc2ccc(Cl)cc2Cl)c2ccc(Cl)cc21. The summed E-state index contributed by atoms with van der Waals surface area (Å²) in [5, 5.41) is 5.37. The predicted molar refractivity (Wildman–Crippen MR) is 89.4 cm³/mol. The molecular weight excluding hydrogens is 361 g/mol. The van der Waals surface area contributed by atoms with E-state index in [-0.39, 0.29) is 6.61 Å². The van der Waals surface area contributed by atoms with Gasteiger partial charge in [0.2, 0.25) is 0 Å². The summed E-state index contributed by atoms with van der Waals surface area (Å²) < 4.78 is 5.21. The largest absolute Gasteiger partial charge is 0.448 e. The van der Waals surface area contributed by atoms with Gasteiger partial charge in [-0.1, -0.05) is 52.1 Å². The first-order valence-electron chi connectivity index (χ1n) is 6.64. The third-order valence-corrected chi connectivity index (χ3v) is 4.10. The van der Waals surface area contributed by atoms with Crippen molar-refractivity contribution in [2.24, 2.45) is 5.16 Å². The molecule has 0 aromatic heterocycles. The number of nitrogens with zero attached hydrogens (tertiary/aromatic N) is 1. The monoisotopic (exact) mass is 369 g/mol. The number of ether oxygens (including phenoxy) is 1. The smallest absolute Gasteiger partial charge is 0.339 e. The lowest BCUT2D eigenvalue weighted by Crippen LogP contribution is -2.00. The summed E-state index contributed by atoms with van der Waals surface area (Å²) in [6.45, 7) is 0.181. The Morgan fingerprint density at radius 2 is 1.87 bits per heavy atom. The van der Waals surface area contributed by atoms with Crippen LogP contribution < -0.4 is 0 Å². The normalized spacial score (nSPS) is 16.5. The Labute approximate surface area is 147 Å². The quantitative estimate of drug-likeness (QED) is 0.429. The van der Waals surface area contributed by atoms with Crippen LogP contribution in [0.25, 0.3) is 0 Å². The number of carbonyl (C=O) groups excluding carboxylic acids is 1. The van der Waals surface area contributed by atoms with Crippen molar-refractivity contribution >= 4 is 47.0 Å². The van der Waals surface area contributed by atoms with Crippen LogP contribution in [0.3, 0.4) is 0 Å². The van der Waals surface area contributed by atoms with Crippen molar-refractivity contribution in [2.75, 3.05) is 0 Å². The van der Waals surface area contributed by atoms with E-state index in [2.05, 4.69) is 5.16 Å². The maximum atomic E-state index is 11.7. The third kappa shape index (κ3) is 3.61. The summed E-state index contributed by atoms with van der Waals surface area (Å²) in [6.07, 6.45) is 0.831. The lowest BCUT2D eigenvalue weighted by atomic mass is 10.1. The Hall–Kier alpha value is -1.75. The zero-order valence-electron chi connectivity index (χ0n) is 11.6. The second-order valence-electron chi connectivity index (χ2n) is 4.82. The number of carbonyl (C=O) groups is 1. The van der Waals surface area contributed by atoms with Gasteiger partial charge in [0.25, 0.3) is 0 Å². The predicted octanol–water partition coefficient (Wildman–Crippen LogP) is 5.06. The van der Waals surface area contributed by atoms with E-state index in [1.54, 1.807) is 36.4 Å². The van der Waals surface area contributed by atoms with E-state index in [4.69, 9.17) is 44.4 Å². The first kappa shape index (κ1) is 16.1. The first-order valence-corrected chi connectivity index (χ1v) is 7.78. The number of benzene rings is 2. The van der Waals surface area contributed by atoms with Gasteiger partial charge in [0.05, 0.1) is 11.8 Å². The van der Waals surface area contributed by atoms with Crippen molar-refractivity contribution in [2.45, 2.75) is 12.7 Å². The molecule has 0 N–H and O–H groups in total. The molecule has 0 saturated heterocycles. The number of hydrogen-bond donors (Lipinski definition) is 0. The van der Waals surface area contributed by atoms with Crippen molar-refractivity contribution in [3.8, 4) is 0 Å². The summed E-state index contributed by atoms with van der Waals surface area (Å²) in [5.74, 6) is -0.431. The lowest BCUT2D eigenvalue weighted by Gasteiger charge is -2.05. The number of oxime groups is 1. The number of cyclic esters (lactones) is 1. The summed E-state index contributed by atoms with van der Waals surface area (Å²) >= 11 is 17.7. The number of rotatable bonds is 4. The molecule has 0 radical (unpaired) electrons. The van der Waals surface area contributed by atoms with Gasteiger partial charge in [-0.2, -0.15) is 0 Å². The Morgan fingerprint density at radius 3 is 2.65 bits per heavy atom. The van der Waals surface area contributed by atoms with Crippen LogP contribution in [0.5, 0.6) is 0 Å². The summed E-state index contributed by atoms with van der Waals surface area (Å²) in [5.41, 5.74) is 1.90. The Bertz CT molecular complexity index is 792. The van der Waals surface area contributed by atoms with Gasteiger partial charge >= 0.3 is 5.97 Å². The van der Waals surface area contributed by atoms with Crippen molar-refractivity contribution in [3.05, 3.63) is 68.2 Å². The molecule has 0 spiro atoms. The molecule has 2 aromatic carbocycles. The fraction of sp³-hybridized carbons (Fsp3) is 0.125. The van der Waals surface area contributed by atoms with Crippen molar-refractivity contribution in [1.82, 2.24) is 0 Å². The van der Waals surface area contributed by atoms with E-state index in [1.807, 2.05) is 0 Å². The van der Waals surface area contributed by atoms with E-state index in [0.717, 1.165) is 5.56 Å². The molecule has 1 unspecified atom stereocenters. The van der Waals surface area contributed by atoms with Gasteiger partial charge < -0.3 is 9.57 Å². The van der Waals surface area contributed by atoms with Gasteiger partial charge in [0.15, 0.2) is 6.10 Å². The molecule has 23 heavy (non-hydrogen) atoms. The van der Waals surface area contributed by atoms with Gasteiger partial charge in [-0.3, -0.25) is 0 Å². The van der Waals surface area contributed by atoms with Crippen LogP contribution >= 0.6 is 34.8 Å². The zero-order chi connectivity index (χ0) is 16.4. The summed E-state index contributed by atoms with van der Waals surface area (Å²) in [4.78, 5) is 16.9. The molecular formula is C16H10Cl3NO3. The standard InChI is InChI=1S/C16H10Cl3NO3/c17-10-3-4-12-13(5-10)16(21)23-15(12)7-20-22-8-9-1-2-11(18)6-14(9)19/h1-7,15H,8H2/b20-7+. The molecule has 1 heterocycles. The van der Waals surface area contributed by atoms with Crippen LogP contribution in [0.15, 0.2) is 41.6 Å². The number of fused-ring (bicyclic) bond motifs is 1. The summed E-state index contributed by atoms with van der Waals surface area (Å²) in [7, 11) is 0. The second kappa shape index (κ2) is 6.79. The minimum absolute atomic E-state index is 0.181. The highest BCUT2D eigenvalue weighted by molar-refractivity contribution is 6.35. The Balaban J connectivity index is 1.65. The minimum Gasteiger partial charge on any atom is -0.448 e. The minimum atomic E-state index is -0.588. The van der Waals surface area contributed by atoms with Crippen molar-refractivity contribution in [1.29, 1.82) is 0 Å². The molecule has 3 rings (SSSR count). The van der Waals surface area contributed by atoms with Gasteiger partial charge in [-0.15, -0.1) is 0 Å². The van der Waals surface area contributed by atoms with Gasteiger partial charge in [-0.05, 0) is 24.3 Å². The highest BCUT2D eigenvalue weighted by atomic mass is 35.5. The van der Waals surface area contributed by atoms with E-state index in [1.165, 1.54) is 6.21 Å². The van der Waals surface area contributed by atoms with Crippen LogP contribution in [-0.2, 0) is 16.2 Å². The Morgan fingerprint density at radius 1 is 1.13 bits per heavy atom. The van der Waals surface area contributed by atoms with Crippen LogP contribution in [0.2, 0.25) is 15.1 Å². The van der Waals surface area contributed by atoms with Crippen molar-refractivity contribution < 1.29 is 14.4 Å².